The van der Waals surface area contributed by atoms with E-state index in [0.717, 1.165) is 32.1 Å². The third-order valence-electron chi connectivity index (χ3n) is 11.5. The largest absolute Gasteiger partial charge is 0.390 e. The second kappa shape index (κ2) is 48.0. The number of hydrogen-bond donors (Lipinski definition) is 1. The molecule has 2 heteroatoms. The van der Waals surface area contributed by atoms with Gasteiger partial charge in [0.15, 0.2) is 0 Å². The van der Waals surface area contributed by atoms with Gasteiger partial charge in [-0.1, -0.05) is 242 Å². The summed E-state index contributed by atoms with van der Waals surface area (Å²) >= 11 is 0. The summed E-state index contributed by atoms with van der Waals surface area (Å²) in [5.41, 5.74) is 0. The summed E-state index contributed by atoms with van der Waals surface area (Å²) in [5.74, 6) is 0. The number of hydrogen-bond acceptors (Lipinski definition) is 2. The zero-order valence-corrected chi connectivity index (χ0v) is 38.4. The van der Waals surface area contributed by atoms with Crippen molar-refractivity contribution in [2.45, 2.75) is 283 Å². The molecule has 0 aromatic heterocycles. The molecule has 0 heterocycles. The van der Waals surface area contributed by atoms with Crippen molar-refractivity contribution in [3.63, 3.8) is 0 Å². The van der Waals surface area contributed by atoms with Crippen LogP contribution >= 0.6 is 0 Å². The van der Waals surface area contributed by atoms with E-state index in [4.69, 9.17) is 4.74 Å². The number of unbranched alkanes of at least 4 members (excludes halogenated alkanes) is 31. The van der Waals surface area contributed by atoms with E-state index in [1.165, 1.54) is 212 Å². The first kappa shape index (κ1) is 54.6. The molecule has 3 unspecified atom stereocenters. The summed E-state index contributed by atoms with van der Waals surface area (Å²) in [5, 5.41) is 11.4. The number of allylic oxidation sites excluding steroid dienone is 7. The fraction of sp³-hybridized carbons (Fsp3) is 0.815. The van der Waals surface area contributed by atoms with Crippen LogP contribution in [0.15, 0.2) is 61.3 Å². The number of rotatable bonds is 46. The molecule has 0 fully saturated rings. The van der Waals surface area contributed by atoms with E-state index in [2.05, 4.69) is 76.0 Å². The Morgan fingerprint density at radius 3 is 1.27 bits per heavy atom. The van der Waals surface area contributed by atoms with Crippen LogP contribution in [0.1, 0.15) is 265 Å². The standard InChI is InChI=1S/C54H100O2/c1-5-9-13-17-20-22-24-26-28-29-30-32-33-35-37-39-41-45-49-52(48-44-16-12-8-4)56-54(51-47-43-19-15-11-7-3)53(55)50-46-42-40-38-36-34-31-27-25-23-21-18-14-10-6-2/h5,34,36,39,41,45,47,49,51-55H,1,6-33,35,37-38,40,42-44,46,48,50H2,2-4H3/b36-34+,41-39+,49-45+,51-47-. The number of aliphatic hydroxyl groups is 1. The van der Waals surface area contributed by atoms with Crippen molar-refractivity contribution >= 4 is 0 Å². The van der Waals surface area contributed by atoms with Gasteiger partial charge < -0.3 is 9.84 Å². The Morgan fingerprint density at radius 2 is 0.768 bits per heavy atom. The molecule has 0 rings (SSSR count). The van der Waals surface area contributed by atoms with Crippen molar-refractivity contribution in [3.8, 4) is 0 Å². The van der Waals surface area contributed by atoms with Crippen LogP contribution in [0.4, 0.5) is 0 Å². The summed E-state index contributed by atoms with van der Waals surface area (Å²) in [6.07, 6.45) is 68.7. The molecular formula is C54H100O2. The van der Waals surface area contributed by atoms with Crippen molar-refractivity contribution in [3.05, 3.63) is 61.3 Å². The van der Waals surface area contributed by atoms with Crippen LogP contribution < -0.4 is 0 Å². The van der Waals surface area contributed by atoms with Crippen LogP contribution in [0.3, 0.4) is 0 Å². The molecule has 0 aromatic carbocycles. The molecule has 0 amide bonds. The molecule has 0 aliphatic rings. The minimum atomic E-state index is -0.445. The number of aliphatic hydroxyl groups excluding tert-OH is 1. The van der Waals surface area contributed by atoms with Gasteiger partial charge in [-0.2, -0.15) is 0 Å². The third-order valence-corrected chi connectivity index (χ3v) is 11.5. The van der Waals surface area contributed by atoms with Gasteiger partial charge in [0.25, 0.3) is 0 Å². The van der Waals surface area contributed by atoms with Crippen LogP contribution in [0.2, 0.25) is 0 Å². The predicted molar refractivity (Wildman–Crippen MR) is 254 cm³/mol. The van der Waals surface area contributed by atoms with Gasteiger partial charge in [-0.05, 0) is 77.0 Å². The molecular weight excluding hydrogens is 681 g/mol. The molecule has 328 valence electrons. The Kier molecular flexibility index (Phi) is 46.8. The van der Waals surface area contributed by atoms with E-state index in [0.29, 0.717) is 0 Å². The molecule has 0 bridgehead atoms. The summed E-state index contributed by atoms with van der Waals surface area (Å²) in [6, 6.07) is 0. The molecule has 1 N–H and O–H groups in total. The Morgan fingerprint density at radius 1 is 0.393 bits per heavy atom. The maximum atomic E-state index is 11.4. The van der Waals surface area contributed by atoms with Gasteiger partial charge >= 0.3 is 0 Å². The smallest absolute Gasteiger partial charge is 0.102 e. The van der Waals surface area contributed by atoms with E-state index >= 15 is 0 Å². The van der Waals surface area contributed by atoms with Crippen LogP contribution in [-0.2, 0) is 4.74 Å². The molecule has 0 saturated heterocycles. The molecule has 3 atom stereocenters. The van der Waals surface area contributed by atoms with Crippen molar-refractivity contribution in [1.29, 1.82) is 0 Å². The quantitative estimate of drug-likeness (QED) is 0.0379. The van der Waals surface area contributed by atoms with Crippen molar-refractivity contribution in [2.75, 3.05) is 0 Å². The topological polar surface area (TPSA) is 29.5 Å². The molecule has 0 saturated carbocycles. The zero-order valence-electron chi connectivity index (χ0n) is 38.4. The Bertz CT molecular complexity index is 868. The van der Waals surface area contributed by atoms with Crippen LogP contribution in [0, 0.1) is 0 Å². The van der Waals surface area contributed by atoms with Gasteiger partial charge in [0.05, 0.1) is 12.2 Å². The lowest BCUT2D eigenvalue weighted by Gasteiger charge is -2.25. The maximum absolute atomic E-state index is 11.4. The van der Waals surface area contributed by atoms with Crippen LogP contribution in [-0.4, -0.2) is 23.4 Å². The van der Waals surface area contributed by atoms with E-state index in [1.807, 2.05) is 6.08 Å². The lowest BCUT2D eigenvalue weighted by Crippen LogP contribution is -2.31. The van der Waals surface area contributed by atoms with Crippen LogP contribution in [0.5, 0.6) is 0 Å². The first-order valence-corrected chi connectivity index (χ1v) is 25.3. The zero-order chi connectivity index (χ0) is 40.7. The van der Waals surface area contributed by atoms with Gasteiger partial charge in [0.1, 0.15) is 6.10 Å². The van der Waals surface area contributed by atoms with E-state index in [1.54, 1.807) is 0 Å². The van der Waals surface area contributed by atoms with E-state index in [9.17, 15) is 5.11 Å². The fourth-order valence-corrected chi connectivity index (χ4v) is 7.64. The van der Waals surface area contributed by atoms with Crippen molar-refractivity contribution in [1.82, 2.24) is 0 Å². The average molecular weight is 781 g/mol. The molecule has 0 aliphatic carbocycles. The molecule has 0 aromatic rings. The Hall–Kier alpha value is -1.38. The van der Waals surface area contributed by atoms with Crippen LogP contribution in [0.25, 0.3) is 0 Å². The molecule has 56 heavy (non-hydrogen) atoms. The minimum absolute atomic E-state index is 0.0457. The first-order valence-electron chi connectivity index (χ1n) is 25.3. The highest BCUT2D eigenvalue weighted by atomic mass is 16.5. The minimum Gasteiger partial charge on any atom is -0.390 e. The molecule has 2 nitrogen and oxygen atoms in total. The van der Waals surface area contributed by atoms with Gasteiger partial charge in [0, 0.05) is 0 Å². The highest BCUT2D eigenvalue weighted by Gasteiger charge is 2.20. The fourth-order valence-electron chi connectivity index (χ4n) is 7.64. The predicted octanol–water partition coefficient (Wildman–Crippen LogP) is 18.4. The van der Waals surface area contributed by atoms with Gasteiger partial charge in [-0.25, -0.2) is 0 Å². The maximum Gasteiger partial charge on any atom is 0.102 e. The SMILES string of the molecule is C=CCCCCCCCCCCCCCC/C=C/C=C/C(CCCCCC)OC(/C=C\CCCCCC)C(O)CCCCC/C=C/CCCCCCCCCC. The van der Waals surface area contributed by atoms with Crippen molar-refractivity contribution in [2.24, 2.45) is 0 Å². The van der Waals surface area contributed by atoms with Gasteiger partial charge in [-0.15, -0.1) is 6.58 Å². The third kappa shape index (κ3) is 42.2. The normalized spacial score (nSPS) is 13.9. The summed E-state index contributed by atoms with van der Waals surface area (Å²) in [4.78, 5) is 0. The Labute approximate surface area is 353 Å². The lowest BCUT2D eigenvalue weighted by atomic mass is 10.0. The second-order valence-electron chi connectivity index (χ2n) is 17.1. The average Bonchev–Trinajstić information content (AvgIpc) is 3.20. The van der Waals surface area contributed by atoms with Crippen molar-refractivity contribution < 1.29 is 9.84 Å². The molecule has 0 spiro atoms. The summed E-state index contributed by atoms with van der Waals surface area (Å²) in [6.45, 7) is 10.7. The van der Waals surface area contributed by atoms with E-state index < -0.39 is 6.10 Å². The Balaban J connectivity index is 4.66. The van der Waals surface area contributed by atoms with E-state index in [-0.39, 0.29) is 12.2 Å². The highest BCUT2D eigenvalue weighted by molar-refractivity contribution is 5.06. The highest BCUT2D eigenvalue weighted by Crippen LogP contribution is 2.19. The van der Waals surface area contributed by atoms with Gasteiger partial charge in [0.2, 0.25) is 0 Å². The summed E-state index contributed by atoms with van der Waals surface area (Å²) < 4.78 is 6.76. The first-order chi connectivity index (χ1) is 27.7. The summed E-state index contributed by atoms with van der Waals surface area (Å²) in [7, 11) is 0. The number of ether oxygens (including phenoxy) is 1. The molecule has 0 radical (unpaired) electrons. The second-order valence-corrected chi connectivity index (χ2v) is 17.1. The molecule has 0 aliphatic heterocycles. The monoisotopic (exact) mass is 781 g/mol. The lowest BCUT2D eigenvalue weighted by molar-refractivity contribution is -0.0417. The van der Waals surface area contributed by atoms with Gasteiger partial charge in [-0.3, -0.25) is 0 Å².